The Kier molecular flexibility index (Phi) is 6.27. The highest BCUT2D eigenvalue weighted by Crippen LogP contribution is 2.15. The van der Waals surface area contributed by atoms with Gasteiger partial charge in [-0.1, -0.05) is 42.0 Å². The summed E-state index contributed by atoms with van der Waals surface area (Å²) >= 11 is 0. The van der Waals surface area contributed by atoms with Gasteiger partial charge < -0.3 is 4.90 Å². The van der Waals surface area contributed by atoms with Crippen LogP contribution in [-0.4, -0.2) is 72.5 Å². The van der Waals surface area contributed by atoms with E-state index in [-0.39, 0.29) is 6.04 Å². The Bertz CT molecular complexity index is 584. The normalized spacial score (nSPS) is 21.5. The summed E-state index contributed by atoms with van der Waals surface area (Å²) in [5, 5.41) is 0. The van der Waals surface area contributed by atoms with Gasteiger partial charge in [-0.05, 0) is 32.3 Å². The van der Waals surface area contributed by atoms with Gasteiger partial charge in [-0.15, -0.1) is 0 Å². The second-order valence-electron chi connectivity index (χ2n) is 7.42. The summed E-state index contributed by atoms with van der Waals surface area (Å²) in [6.45, 7) is 11.3. The van der Waals surface area contributed by atoms with Crippen LogP contribution in [0.3, 0.4) is 0 Å². The zero-order chi connectivity index (χ0) is 17.6. The number of carbonyl (C=O) groups excluding carboxylic acids is 1. The molecule has 4 nitrogen and oxygen atoms in total. The van der Waals surface area contributed by atoms with Crippen molar-refractivity contribution in [3.05, 3.63) is 41.5 Å². The van der Waals surface area contributed by atoms with Gasteiger partial charge in [0.2, 0.25) is 5.91 Å². The minimum atomic E-state index is 0.0289. The van der Waals surface area contributed by atoms with Crippen LogP contribution in [0.25, 0.3) is 6.08 Å². The average Bonchev–Trinajstić information content (AvgIpc) is 3.16. The quantitative estimate of drug-likeness (QED) is 0.824. The standard InChI is InChI=1S/C21H31N3O/c1-18(16-20-8-4-3-5-9-20)17-22-12-14-23(15-13-22)19(2)21(25)24-10-6-7-11-24/h3-5,8-9,16,19H,6-7,10-15,17H2,1-2H3/b18-16+. The number of rotatable bonds is 5. The number of hydrogen-bond donors (Lipinski definition) is 0. The van der Waals surface area contributed by atoms with E-state index >= 15 is 0 Å². The van der Waals surface area contributed by atoms with E-state index in [0.29, 0.717) is 5.91 Å². The number of nitrogens with zero attached hydrogens (tertiary/aromatic N) is 3. The summed E-state index contributed by atoms with van der Waals surface area (Å²) in [6, 6.07) is 10.5. The molecule has 3 rings (SSSR count). The lowest BCUT2D eigenvalue weighted by Gasteiger charge is -2.38. The van der Waals surface area contributed by atoms with Gasteiger partial charge in [-0.3, -0.25) is 14.6 Å². The summed E-state index contributed by atoms with van der Waals surface area (Å²) < 4.78 is 0. The first-order chi connectivity index (χ1) is 12.1. The molecule has 1 aromatic carbocycles. The number of piperazine rings is 1. The molecule has 1 atom stereocenters. The van der Waals surface area contributed by atoms with Crippen molar-refractivity contribution in [1.82, 2.24) is 14.7 Å². The topological polar surface area (TPSA) is 26.8 Å². The molecular weight excluding hydrogens is 310 g/mol. The Hall–Kier alpha value is -1.65. The fourth-order valence-electron chi connectivity index (χ4n) is 3.90. The molecule has 2 aliphatic heterocycles. The lowest BCUT2D eigenvalue weighted by Crippen LogP contribution is -2.54. The molecule has 2 fully saturated rings. The molecule has 0 bridgehead atoms. The molecule has 0 radical (unpaired) electrons. The fourth-order valence-corrected chi connectivity index (χ4v) is 3.90. The van der Waals surface area contributed by atoms with Crippen LogP contribution in [0.4, 0.5) is 0 Å². The van der Waals surface area contributed by atoms with E-state index in [1.54, 1.807) is 0 Å². The van der Waals surface area contributed by atoms with Crippen molar-refractivity contribution in [2.75, 3.05) is 45.8 Å². The van der Waals surface area contributed by atoms with Crippen LogP contribution < -0.4 is 0 Å². The van der Waals surface area contributed by atoms with E-state index in [1.807, 2.05) is 4.90 Å². The Morgan fingerprint density at radius 2 is 1.68 bits per heavy atom. The van der Waals surface area contributed by atoms with Crippen molar-refractivity contribution in [3.8, 4) is 0 Å². The zero-order valence-corrected chi connectivity index (χ0v) is 15.7. The minimum Gasteiger partial charge on any atom is -0.341 e. The molecule has 25 heavy (non-hydrogen) atoms. The van der Waals surface area contributed by atoms with Crippen molar-refractivity contribution in [3.63, 3.8) is 0 Å². The Balaban J connectivity index is 1.46. The molecule has 2 saturated heterocycles. The van der Waals surface area contributed by atoms with Crippen molar-refractivity contribution in [2.45, 2.75) is 32.7 Å². The van der Waals surface area contributed by atoms with Crippen LogP contribution in [0.15, 0.2) is 35.9 Å². The predicted octanol–water partition coefficient (Wildman–Crippen LogP) is 2.72. The number of likely N-dealkylation sites (tertiary alicyclic amines) is 1. The highest BCUT2D eigenvalue weighted by molar-refractivity contribution is 5.81. The molecular formula is C21H31N3O. The first-order valence-corrected chi connectivity index (χ1v) is 9.61. The highest BCUT2D eigenvalue weighted by atomic mass is 16.2. The molecule has 1 amide bonds. The van der Waals surface area contributed by atoms with Crippen molar-refractivity contribution in [1.29, 1.82) is 0 Å². The third kappa shape index (κ3) is 4.93. The third-order valence-electron chi connectivity index (χ3n) is 5.42. The average molecular weight is 341 g/mol. The maximum Gasteiger partial charge on any atom is 0.239 e. The van der Waals surface area contributed by atoms with Gasteiger partial charge in [0.25, 0.3) is 0 Å². The SMILES string of the molecule is C/C(=C\c1ccccc1)CN1CCN(C(C)C(=O)N2CCCC2)CC1. The number of amides is 1. The van der Waals surface area contributed by atoms with Crippen LogP contribution in [0.2, 0.25) is 0 Å². The van der Waals surface area contributed by atoms with Gasteiger partial charge in [0, 0.05) is 45.8 Å². The molecule has 2 aliphatic rings. The lowest BCUT2D eigenvalue weighted by molar-refractivity contribution is -0.136. The van der Waals surface area contributed by atoms with Gasteiger partial charge >= 0.3 is 0 Å². The van der Waals surface area contributed by atoms with E-state index in [0.717, 1.165) is 45.8 Å². The summed E-state index contributed by atoms with van der Waals surface area (Å²) in [6.07, 6.45) is 4.60. The monoisotopic (exact) mass is 341 g/mol. The molecule has 136 valence electrons. The maximum absolute atomic E-state index is 12.6. The molecule has 0 aromatic heterocycles. The molecule has 0 aliphatic carbocycles. The first-order valence-electron chi connectivity index (χ1n) is 9.61. The van der Waals surface area contributed by atoms with Crippen molar-refractivity contribution in [2.24, 2.45) is 0 Å². The van der Waals surface area contributed by atoms with E-state index < -0.39 is 0 Å². The van der Waals surface area contributed by atoms with Crippen LogP contribution in [-0.2, 0) is 4.79 Å². The summed E-state index contributed by atoms with van der Waals surface area (Å²) in [7, 11) is 0. The number of benzene rings is 1. The second kappa shape index (κ2) is 8.63. The molecule has 0 N–H and O–H groups in total. The first kappa shape index (κ1) is 18.2. The van der Waals surface area contributed by atoms with E-state index in [1.165, 1.54) is 24.0 Å². The summed E-state index contributed by atoms with van der Waals surface area (Å²) in [5.41, 5.74) is 2.66. The Morgan fingerprint density at radius 1 is 1.04 bits per heavy atom. The molecule has 1 unspecified atom stereocenters. The highest BCUT2D eigenvalue weighted by Gasteiger charge is 2.29. The predicted molar refractivity (Wildman–Crippen MR) is 103 cm³/mol. The van der Waals surface area contributed by atoms with E-state index in [4.69, 9.17) is 0 Å². The van der Waals surface area contributed by atoms with Crippen LogP contribution in [0.5, 0.6) is 0 Å². The van der Waals surface area contributed by atoms with Gasteiger partial charge in [0.05, 0.1) is 6.04 Å². The Labute approximate surface area is 152 Å². The van der Waals surface area contributed by atoms with Crippen LogP contribution >= 0.6 is 0 Å². The molecule has 0 saturated carbocycles. The maximum atomic E-state index is 12.6. The molecule has 2 heterocycles. The zero-order valence-electron chi connectivity index (χ0n) is 15.7. The minimum absolute atomic E-state index is 0.0289. The van der Waals surface area contributed by atoms with Gasteiger partial charge in [-0.25, -0.2) is 0 Å². The second-order valence-corrected chi connectivity index (χ2v) is 7.42. The summed E-state index contributed by atoms with van der Waals surface area (Å²) in [4.78, 5) is 19.5. The van der Waals surface area contributed by atoms with Crippen LogP contribution in [0, 0.1) is 0 Å². The number of carbonyl (C=O) groups is 1. The van der Waals surface area contributed by atoms with Gasteiger partial charge in [0.1, 0.15) is 0 Å². The molecule has 1 aromatic rings. The van der Waals surface area contributed by atoms with Gasteiger partial charge in [-0.2, -0.15) is 0 Å². The van der Waals surface area contributed by atoms with Crippen molar-refractivity contribution < 1.29 is 4.79 Å². The van der Waals surface area contributed by atoms with E-state index in [9.17, 15) is 4.79 Å². The smallest absolute Gasteiger partial charge is 0.239 e. The van der Waals surface area contributed by atoms with E-state index in [2.05, 4.69) is 60.1 Å². The third-order valence-corrected chi connectivity index (χ3v) is 5.42. The summed E-state index contributed by atoms with van der Waals surface area (Å²) in [5.74, 6) is 0.325. The van der Waals surface area contributed by atoms with Crippen molar-refractivity contribution >= 4 is 12.0 Å². The lowest BCUT2D eigenvalue weighted by atomic mass is 10.1. The molecule has 0 spiro atoms. The van der Waals surface area contributed by atoms with Crippen LogP contribution in [0.1, 0.15) is 32.3 Å². The number of hydrogen-bond acceptors (Lipinski definition) is 3. The fraction of sp³-hybridized carbons (Fsp3) is 0.571. The van der Waals surface area contributed by atoms with Gasteiger partial charge in [0.15, 0.2) is 0 Å². The Morgan fingerprint density at radius 3 is 2.32 bits per heavy atom. The molecule has 4 heteroatoms. The largest absolute Gasteiger partial charge is 0.341 e.